The lowest BCUT2D eigenvalue weighted by Gasteiger charge is -2.27. The van der Waals surface area contributed by atoms with E-state index >= 15 is 0 Å². The Bertz CT molecular complexity index is 1320. The number of carbonyl (C=O) groups excluding carboxylic acids is 1. The first-order valence-corrected chi connectivity index (χ1v) is 15.0. The van der Waals surface area contributed by atoms with Crippen LogP contribution in [0.25, 0.3) is 11.3 Å². The monoisotopic (exact) mass is 614 g/mol. The van der Waals surface area contributed by atoms with Gasteiger partial charge in [-0.3, -0.25) is 9.48 Å². The van der Waals surface area contributed by atoms with Crippen molar-refractivity contribution in [1.29, 1.82) is 0 Å². The third kappa shape index (κ3) is 7.42. The first-order valence-electron chi connectivity index (χ1n) is 12.7. The van der Waals surface area contributed by atoms with Gasteiger partial charge in [0.05, 0.1) is 26.9 Å². The Labute approximate surface area is 234 Å². The largest absolute Gasteiger partial charge is 0.416 e. The molecule has 2 heterocycles. The number of alkyl halides is 5. The number of nitrogens with zero attached hydrogens (tertiary/aromatic N) is 3. The standard InChI is InChI=1S/C25H32ClF5N4O4S/c1-5-35-20(17-11-8-15(33-22(17)39-23(27)28)12-24(2,3)25(29,30)31)18(26)19(34-35)21(36)32-13-14-6-9-16(10-7-14)40(4,37)38/h8,11,14,16,23H,5-7,9-10,12-13H2,1-4H3,(H,32,36). The van der Waals surface area contributed by atoms with Crippen LogP contribution < -0.4 is 10.1 Å². The van der Waals surface area contributed by atoms with Gasteiger partial charge in [-0.05, 0) is 50.7 Å². The summed E-state index contributed by atoms with van der Waals surface area (Å²) in [4.78, 5) is 16.9. The van der Waals surface area contributed by atoms with Crippen LogP contribution in [0.1, 0.15) is 62.6 Å². The maximum absolute atomic E-state index is 13.4. The maximum Gasteiger partial charge on any atom is 0.394 e. The Hall–Kier alpha value is -2.48. The zero-order valence-electron chi connectivity index (χ0n) is 22.5. The number of rotatable bonds is 10. The predicted molar refractivity (Wildman–Crippen MR) is 139 cm³/mol. The fraction of sp³-hybridized carbons (Fsp3) is 0.640. The minimum absolute atomic E-state index is 0.0489. The molecule has 40 heavy (non-hydrogen) atoms. The first-order chi connectivity index (χ1) is 18.4. The number of aromatic nitrogens is 3. The van der Waals surface area contributed by atoms with E-state index in [0.717, 1.165) is 13.8 Å². The van der Waals surface area contributed by atoms with E-state index in [9.17, 15) is 35.2 Å². The molecule has 0 bridgehead atoms. The highest BCUT2D eigenvalue weighted by atomic mass is 35.5. The van der Waals surface area contributed by atoms with E-state index in [0.29, 0.717) is 25.7 Å². The van der Waals surface area contributed by atoms with Crippen molar-refractivity contribution in [2.24, 2.45) is 11.3 Å². The molecule has 0 unspecified atom stereocenters. The Morgan fingerprint density at radius 3 is 2.35 bits per heavy atom. The summed E-state index contributed by atoms with van der Waals surface area (Å²) in [5.41, 5.74) is -2.49. The summed E-state index contributed by atoms with van der Waals surface area (Å²) in [5.74, 6) is -1.19. The van der Waals surface area contributed by atoms with Crippen molar-refractivity contribution in [1.82, 2.24) is 20.1 Å². The summed E-state index contributed by atoms with van der Waals surface area (Å²) in [7, 11) is -3.12. The molecular formula is C25H32ClF5N4O4S. The molecule has 224 valence electrons. The van der Waals surface area contributed by atoms with E-state index in [1.165, 1.54) is 23.1 Å². The molecule has 1 fully saturated rings. The zero-order valence-corrected chi connectivity index (χ0v) is 24.1. The Morgan fingerprint density at radius 2 is 1.82 bits per heavy atom. The number of aryl methyl sites for hydroxylation is 1. The molecule has 0 atom stereocenters. The summed E-state index contributed by atoms with van der Waals surface area (Å²) >= 11 is 6.51. The third-order valence-corrected chi connectivity index (χ3v) is 9.16. The first kappa shape index (κ1) is 32.0. The zero-order chi connectivity index (χ0) is 30.0. The Balaban J connectivity index is 1.86. The Morgan fingerprint density at radius 1 is 1.20 bits per heavy atom. The van der Waals surface area contributed by atoms with E-state index in [4.69, 9.17) is 11.6 Å². The van der Waals surface area contributed by atoms with Crippen LogP contribution in [-0.2, 0) is 22.8 Å². The van der Waals surface area contributed by atoms with Crippen LogP contribution in [0.3, 0.4) is 0 Å². The molecule has 0 spiro atoms. The molecule has 1 saturated carbocycles. The molecule has 1 N–H and O–H groups in total. The molecule has 1 amide bonds. The summed E-state index contributed by atoms with van der Waals surface area (Å²) < 4.78 is 96.1. The molecular weight excluding hydrogens is 583 g/mol. The molecule has 8 nitrogen and oxygen atoms in total. The molecule has 2 aromatic rings. The number of ether oxygens (including phenoxy) is 1. The van der Waals surface area contributed by atoms with Gasteiger partial charge >= 0.3 is 12.8 Å². The molecule has 0 saturated heterocycles. The van der Waals surface area contributed by atoms with Crippen molar-refractivity contribution in [2.45, 2.75) is 77.5 Å². The Kier molecular flexibility index (Phi) is 9.75. The molecule has 0 aliphatic heterocycles. The number of hydrogen-bond acceptors (Lipinski definition) is 6. The highest BCUT2D eigenvalue weighted by Crippen LogP contribution is 2.42. The third-order valence-electron chi connectivity index (χ3n) is 7.12. The van der Waals surface area contributed by atoms with Gasteiger partial charge in [0.25, 0.3) is 5.91 Å². The van der Waals surface area contributed by atoms with Crippen molar-refractivity contribution in [3.8, 4) is 17.1 Å². The summed E-state index contributed by atoms with van der Waals surface area (Å²) in [6, 6.07) is 2.53. The normalized spacial score (nSPS) is 18.7. The summed E-state index contributed by atoms with van der Waals surface area (Å²) in [6.45, 7) is 0.744. The number of sulfone groups is 1. The number of carbonyl (C=O) groups is 1. The average molecular weight is 615 g/mol. The lowest BCUT2D eigenvalue weighted by molar-refractivity contribution is -0.211. The van der Waals surface area contributed by atoms with Gasteiger partial charge < -0.3 is 10.1 Å². The molecule has 0 radical (unpaired) electrons. The summed E-state index contributed by atoms with van der Waals surface area (Å²) in [6.07, 6.45) is -1.67. The quantitative estimate of drug-likeness (QED) is 0.345. The van der Waals surface area contributed by atoms with Gasteiger partial charge in [-0.15, -0.1) is 0 Å². The number of amides is 1. The molecule has 1 aliphatic rings. The second kappa shape index (κ2) is 12.2. The van der Waals surface area contributed by atoms with Gasteiger partial charge in [0.2, 0.25) is 5.88 Å². The molecule has 0 aromatic carbocycles. The number of pyridine rings is 1. The fourth-order valence-electron chi connectivity index (χ4n) is 4.64. The van der Waals surface area contributed by atoms with Gasteiger partial charge in [0, 0.05) is 31.5 Å². The van der Waals surface area contributed by atoms with E-state index in [2.05, 4.69) is 20.1 Å². The van der Waals surface area contributed by atoms with Crippen LogP contribution in [0, 0.1) is 11.3 Å². The molecule has 3 rings (SSSR count). The second-order valence-electron chi connectivity index (χ2n) is 10.6. The lowest BCUT2D eigenvalue weighted by atomic mass is 9.87. The van der Waals surface area contributed by atoms with E-state index < -0.39 is 46.2 Å². The van der Waals surface area contributed by atoms with Crippen LogP contribution in [0.15, 0.2) is 12.1 Å². The smallest absolute Gasteiger partial charge is 0.394 e. The van der Waals surface area contributed by atoms with Gasteiger partial charge in [0.1, 0.15) is 9.84 Å². The van der Waals surface area contributed by atoms with Crippen molar-refractivity contribution in [2.75, 3.05) is 12.8 Å². The van der Waals surface area contributed by atoms with Crippen molar-refractivity contribution >= 4 is 27.3 Å². The van der Waals surface area contributed by atoms with Gasteiger partial charge in [0.15, 0.2) is 5.69 Å². The predicted octanol–water partition coefficient (Wildman–Crippen LogP) is 5.68. The van der Waals surface area contributed by atoms with Gasteiger partial charge in [-0.1, -0.05) is 25.4 Å². The minimum Gasteiger partial charge on any atom is -0.416 e. The van der Waals surface area contributed by atoms with Crippen LogP contribution in [0.5, 0.6) is 5.88 Å². The van der Waals surface area contributed by atoms with Crippen LogP contribution >= 0.6 is 11.6 Å². The van der Waals surface area contributed by atoms with Gasteiger partial charge in [-0.2, -0.15) is 27.1 Å². The minimum atomic E-state index is -4.56. The molecule has 15 heteroatoms. The second-order valence-corrected chi connectivity index (χ2v) is 13.3. The van der Waals surface area contributed by atoms with E-state index in [1.54, 1.807) is 6.92 Å². The van der Waals surface area contributed by atoms with Crippen molar-refractivity contribution in [3.05, 3.63) is 28.5 Å². The lowest BCUT2D eigenvalue weighted by Crippen LogP contribution is -2.34. The van der Waals surface area contributed by atoms with Crippen LogP contribution in [0.2, 0.25) is 5.02 Å². The van der Waals surface area contributed by atoms with Gasteiger partial charge in [-0.25, -0.2) is 13.4 Å². The van der Waals surface area contributed by atoms with Crippen LogP contribution in [0.4, 0.5) is 22.0 Å². The number of nitrogens with one attached hydrogen (secondary N) is 1. The highest BCUT2D eigenvalue weighted by molar-refractivity contribution is 7.91. The molecule has 1 aliphatic carbocycles. The summed E-state index contributed by atoms with van der Waals surface area (Å²) in [5, 5.41) is 6.42. The molecule has 2 aromatic heterocycles. The van der Waals surface area contributed by atoms with Crippen molar-refractivity contribution < 1.29 is 39.9 Å². The van der Waals surface area contributed by atoms with Crippen molar-refractivity contribution in [3.63, 3.8) is 0 Å². The van der Waals surface area contributed by atoms with E-state index in [1.807, 2.05) is 0 Å². The highest BCUT2D eigenvalue weighted by Gasteiger charge is 2.47. The SMILES string of the molecule is CCn1nc(C(=O)NCC2CCC(S(C)(=O)=O)CC2)c(Cl)c1-c1ccc(CC(C)(C)C(F)(F)F)nc1OC(F)F. The van der Waals surface area contributed by atoms with E-state index in [-0.39, 0.29) is 51.9 Å². The number of halogens is 6. The van der Waals surface area contributed by atoms with Crippen LogP contribution in [-0.4, -0.2) is 59.9 Å². The average Bonchev–Trinajstić information content (AvgIpc) is 3.17. The topological polar surface area (TPSA) is 103 Å². The fourth-order valence-corrected chi connectivity index (χ4v) is 6.09. The maximum atomic E-state index is 13.4. The number of hydrogen-bond donors (Lipinski definition) is 1.